The fourth-order valence-corrected chi connectivity index (χ4v) is 3.47. The highest BCUT2D eigenvalue weighted by Gasteiger charge is 2.27. The minimum absolute atomic E-state index is 0.0503. The molecule has 1 aromatic rings. The lowest BCUT2D eigenvalue weighted by Gasteiger charge is -2.27. The number of nitrogens with zero attached hydrogens (tertiary/aromatic N) is 2. The van der Waals surface area contributed by atoms with Crippen molar-refractivity contribution in [2.24, 2.45) is 10.9 Å². The van der Waals surface area contributed by atoms with Crippen LogP contribution in [0.25, 0.3) is 0 Å². The summed E-state index contributed by atoms with van der Waals surface area (Å²) in [4.78, 5) is 17.6. The van der Waals surface area contributed by atoms with Crippen molar-refractivity contribution < 1.29 is 9.53 Å². The molecule has 2 aliphatic heterocycles. The van der Waals surface area contributed by atoms with Gasteiger partial charge in [0.05, 0.1) is 24.0 Å². The van der Waals surface area contributed by atoms with Gasteiger partial charge in [-0.2, -0.15) is 5.26 Å². The van der Waals surface area contributed by atoms with Crippen LogP contribution in [0.2, 0.25) is 0 Å². The van der Waals surface area contributed by atoms with Crippen LogP contribution in [-0.2, 0) is 9.53 Å². The lowest BCUT2D eigenvalue weighted by Crippen LogP contribution is -2.34. The van der Waals surface area contributed by atoms with Crippen LogP contribution in [-0.4, -0.2) is 37.5 Å². The van der Waals surface area contributed by atoms with Crippen molar-refractivity contribution in [3.05, 3.63) is 35.5 Å². The number of nitriles is 1. The Morgan fingerprint density at radius 1 is 1.21 bits per heavy atom. The van der Waals surface area contributed by atoms with E-state index in [4.69, 9.17) is 9.73 Å². The second-order valence-electron chi connectivity index (χ2n) is 7.40. The number of para-hydroxylation sites is 2. The van der Waals surface area contributed by atoms with Crippen LogP contribution in [0.5, 0.6) is 0 Å². The number of ether oxygens (including phenoxy) is 1. The topological polar surface area (TPSA) is 98.5 Å². The quantitative estimate of drug-likeness (QED) is 0.388. The summed E-state index contributed by atoms with van der Waals surface area (Å²) < 4.78 is 5.47. The normalized spacial score (nSPS) is 19.7. The van der Waals surface area contributed by atoms with Gasteiger partial charge in [0.15, 0.2) is 11.4 Å². The Labute approximate surface area is 172 Å². The molecular formula is C22H29N5O2. The molecule has 7 nitrogen and oxygen atoms in total. The van der Waals surface area contributed by atoms with Gasteiger partial charge in [0.1, 0.15) is 11.8 Å². The van der Waals surface area contributed by atoms with Gasteiger partial charge >= 0.3 is 5.97 Å². The predicted molar refractivity (Wildman–Crippen MR) is 115 cm³/mol. The van der Waals surface area contributed by atoms with E-state index in [0.29, 0.717) is 24.1 Å². The molecule has 2 heterocycles. The van der Waals surface area contributed by atoms with Gasteiger partial charge in [-0.3, -0.25) is 4.99 Å². The Bertz CT molecular complexity index is 830. The molecule has 3 N–H and O–H groups in total. The van der Waals surface area contributed by atoms with Crippen LogP contribution in [0.3, 0.4) is 0 Å². The third-order valence-corrected chi connectivity index (χ3v) is 5.47. The molecule has 0 radical (unpaired) electrons. The summed E-state index contributed by atoms with van der Waals surface area (Å²) in [5, 5.41) is 19.6. The zero-order valence-corrected chi connectivity index (χ0v) is 17.1. The molecule has 1 fully saturated rings. The first kappa shape index (κ1) is 20.9. The van der Waals surface area contributed by atoms with E-state index in [-0.39, 0.29) is 11.6 Å². The first-order valence-corrected chi connectivity index (χ1v) is 10.4. The molecule has 29 heavy (non-hydrogen) atoms. The standard InChI is InChI=1S/C22H29N5O2/c1-3-15(4-2)14-29-22(28)17(13-23)20-21(25-16-9-11-24-12-10-16)27-19-8-6-5-7-18(19)26-20/h5-8,15-16,24,26H,3-4,9-12,14H2,1-2H3,(H,25,27). The van der Waals surface area contributed by atoms with Crippen molar-refractivity contribution in [1.82, 2.24) is 5.32 Å². The number of hydrogen-bond acceptors (Lipinski definition) is 6. The summed E-state index contributed by atoms with van der Waals surface area (Å²) in [5.41, 5.74) is 2.00. The van der Waals surface area contributed by atoms with E-state index in [1.165, 1.54) is 0 Å². The van der Waals surface area contributed by atoms with Crippen LogP contribution in [0, 0.1) is 17.2 Å². The number of benzene rings is 1. The van der Waals surface area contributed by atoms with E-state index in [9.17, 15) is 10.1 Å². The number of carbonyl (C=O) groups is 1. The van der Waals surface area contributed by atoms with Crippen molar-refractivity contribution in [3.8, 4) is 6.07 Å². The molecule has 0 spiro atoms. The Balaban J connectivity index is 1.92. The third-order valence-electron chi connectivity index (χ3n) is 5.47. The average molecular weight is 396 g/mol. The van der Waals surface area contributed by atoms with Crippen molar-refractivity contribution in [2.45, 2.75) is 45.6 Å². The van der Waals surface area contributed by atoms with E-state index in [1.54, 1.807) is 0 Å². The van der Waals surface area contributed by atoms with Gasteiger partial charge in [0.25, 0.3) is 0 Å². The smallest absolute Gasteiger partial charge is 0.351 e. The maximum absolute atomic E-state index is 12.7. The van der Waals surface area contributed by atoms with Crippen LogP contribution in [0.1, 0.15) is 39.5 Å². The van der Waals surface area contributed by atoms with E-state index in [1.807, 2.05) is 30.3 Å². The summed E-state index contributed by atoms with van der Waals surface area (Å²) >= 11 is 0. The molecular weight excluding hydrogens is 366 g/mol. The highest BCUT2D eigenvalue weighted by atomic mass is 16.5. The monoisotopic (exact) mass is 395 g/mol. The summed E-state index contributed by atoms with van der Waals surface area (Å²) in [6.07, 6.45) is 3.69. The molecule has 0 aliphatic carbocycles. The molecule has 0 atom stereocenters. The summed E-state index contributed by atoms with van der Waals surface area (Å²) in [7, 11) is 0. The SMILES string of the molecule is CCC(CC)COC(=O)C(C#N)=C1Nc2ccccc2NC1=NC1CCNCC1. The fraction of sp³-hybridized carbons (Fsp3) is 0.500. The van der Waals surface area contributed by atoms with Crippen LogP contribution < -0.4 is 16.0 Å². The largest absolute Gasteiger partial charge is 0.461 e. The Kier molecular flexibility index (Phi) is 7.25. The van der Waals surface area contributed by atoms with Crippen molar-refractivity contribution in [1.29, 1.82) is 5.26 Å². The van der Waals surface area contributed by atoms with Crippen LogP contribution in [0.4, 0.5) is 11.4 Å². The van der Waals surface area contributed by atoms with Crippen LogP contribution in [0.15, 0.2) is 40.5 Å². The van der Waals surface area contributed by atoms with E-state index in [0.717, 1.165) is 50.1 Å². The van der Waals surface area contributed by atoms with Gasteiger partial charge in [-0.15, -0.1) is 0 Å². The van der Waals surface area contributed by atoms with Crippen molar-refractivity contribution >= 4 is 23.2 Å². The highest BCUT2D eigenvalue weighted by molar-refractivity contribution is 6.18. The van der Waals surface area contributed by atoms with Gasteiger partial charge in [-0.1, -0.05) is 38.8 Å². The van der Waals surface area contributed by atoms with Gasteiger partial charge in [0, 0.05) is 0 Å². The van der Waals surface area contributed by atoms with Gasteiger partial charge < -0.3 is 20.7 Å². The minimum atomic E-state index is -0.610. The van der Waals surface area contributed by atoms with Crippen LogP contribution >= 0.6 is 0 Å². The number of anilines is 2. The Morgan fingerprint density at radius 2 is 1.86 bits per heavy atom. The second kappa shape index (κ2) is 10.1. The molecule has 0 bridgehead atoms. The Hall–Kier alpha value is -2.85. The van der Waals surface area contributed by atoms with Crippen molar-refractivity contribution in [2.75, 3.05) is 30.3 Å². The number of amidine groups is 1. The molecule has 7 heteroatoms. The van der Waals surface area contributed by atoms with Crippen molar-refractivity contribution in [3.63, 3.8) is 0 Å². The zero-order chi connectivity index (χ0) is 20.6. The van der Waals surface area contributed by atoms with Gasteiger partial charge in [0.2, 0.25) is 0 Å². The molecule has 1 aromatic carbocycles. The molecule has 0 amide bonds. The molecule has 3 rings (SSSR count). The van der Waals surface area contributed by atoms with E-state index in [2.05, 4.69) is 29.8 Å². The summed E-state index contributed by atoms with van der Waals surface area (Å²) in [6.45, 7) is 6.27. The van der Waals surface area contributed by atoms with E-state index < -0.39 is 5.97 Å². The third kappa shape index (κ3) is 5.15. The number of nitrogens with one attached hydrogen (secondary N) is 3. The highest BCUT2D eigenvalue weighted by Crippen LogP contribution is 2.30. The molecule has 0 saturated carbocycles. The first-order chi connectivity index (χ1) is 14.2. The molecule has 154 valence electrons. The molecule has 0 unspecified atom stereocenters. The zero-order valence-electron chi connectivity index (χ0n) is 17.1. The predicted octanol–water partition coefficient (Wildman–Crippen LogP) is 3.43. The lowest BCUT2D eigenvalue weighted by molar-refractivity contribution is -0.140. The maximum Gasteiger partial charge on any atom is 0.351 e. The number of esters is 1. The number of piperidine rings is 1. The van der Waals surface area contributed by atoms with Gasteiger partial charge in [-0.05, 0) is 44.0 Å². The molecule has 1 saturated heterocycles. The number of hydrogen-bond donors (Lipinski definition) is 3. The first-order valence-electron chi connectivity index (χ1n) is 10.4. The molecule has 0 aromatic heterocycles. The lowest BCUT2D eigenvalue weighted by atomic mass is 10.1. The number of fused-ring (bicyclic) bond motifs is 1. The number of rotatable bonds is 6. The molecule has 2 aliphatic rings. The maximum atomic E-state index is 12.7. The fourth-order valence-electron chi connectivity index (χ4n) is 3.47. The number of carbonyl (C=O) groups excluding carboxylic acids is 1. The Morgan fingerprint density at radius 3 is 2.48 bits per heavy atom. The van der Waals surface area contributed by atoms with Gasteiger partial charge in [-0.25, -0.2) is 4.79 Å². The van der Waals surface area contributed by atoms with E-state index >= 15 is 0 Å². The summed E-state index contributed by atoms with van der Waals surface area (Å²) in [5.74, 6) is 0.206. The second-order valence-corrected chi connectivity index (χ2v) is 7.40. The summed E-state index contributed by atoms with van der Waals surface area (Å²) in [6, 6.07) is 9.85. The average Bonchev–Trinajstić information content (AvgIpc) is 2.76. The number of aliphatic imine (C=N–C) groups is 1. The minimum Gasteiger partial charge on any atom is -0.461 e.